The number of nitrogens with zero attached hydrogens (tertiary/aromatic N) is 3. The molecule has 1 saturated carbocycles. The fraction of sp³-hybridized carbons (Fsp3) is 0.429. The molecular weight excluding hydrogens is 310 g/mol. The van der Waals surface area contributed by atoms with Gasteiger partial charge in [-0.15, -0.1) is 0 Å². The molecule has 0 heterocycles. The average Bonchev–Trinajstić information content (AvgIpc) is 2.67. The molecule has 0 atom stereocenters. The summed E-state index contributed by atoms with van der Waals surface area (Å²) in [7, 11) is 3.72. The Morgan fingerprint density at radius 3 is 2.48 bits per heavy atom. The third-order valence-corrected chi connectivity index (χ3v) is 5.46. The average molecular weight is 335 g/mol. The molecule has 1 fully saturated rings. The van der Waals surface area contributed by atoms with E-state index in [2.05, 4.69) is 24.3 Å². The SMILES string of the molecule is CN(CC(=O)N(C)C1(C#N)CCCCC1)c1cccc2ccccc12. The monoisotopic (exact) mass is 335 g/mol. The summed E-state index contributed by atoms with van der Waals surface area (Å²) in [5.41, 5.74) is 0.407. The van der Waals surface area contributed by atoms with Gasteiger partial charge in [0, 0.05) is 25.2 Å². The van der Waals surface area contributed by atoms with Crippen molar-refractivity contribution in [2.75, 3.05) is 25.5 Å². The smallest absolute Gasteiger partial charge is 0.243 e. The Morgan fingerprint density at radius 1 is 1.08 bits per heavy atom. The largest absolute Gasteiger partial charge is 0.365 e. The summed E-state index contributed by atoms with van der Waals surface area (Å²) < 4.78 is 0. The normalized spacial score (nSPS) is 16.2. The Balaban J connectivity index is 1.79. The maximum absolute atomic E-state index is 12.9. The van der Waals surface area contributed by atoms with E-state index in [1.165, 1.54) is 0 Å². The minimum absolute atomic E-state index is 0.00103. The number of likely N-dealkylation sites (N-methyl/N-ethyl adjacent to an activating group) is 2. The van der Waals surface area contributed by atoms with E-state index in [0.29, 0.717) is 0 Å². The van der Waals surface area contributed by atoms with E-state index >= 15 is 0 Å². The lowest BCUT2D eigenvalue weighted by molar-refractivity contribution is -0.133. The second-order valence-electron chi connectivity index (χ2n) is 7.01. The predicted octanol–water partition coefficient (Wildman–Crippen LogP) is 3.96. The summed E-state index contributed by atoms with van der Waals surface area (Å²) in [6, 6.07) is 16.7. The van der Waals surface area contributed by atoms with Crippen LogP contribution in [0, 0.1) is 11.3 Å². The van der Waals surface area contributed by atoms with Gasteiger partial charge < -0.3 is 9.80 Å². The molecule has 0 spiro atoms. The van der Waals surface area contributed by atoms with E-state index in [4.69, 9.17) is 0 Å². The van der Waals surface area contributed by atoms with Gasteiger partial charge in [-0.1, -0.05) is 55.7 Å². The molecule has 0 unspecified atom stereocenters. The van der Waals surface area contributed by atoms with Gasteiger partial charge in [0.15, 0.2) is 0 Å². The molecule has 0 saturated heterocycles. The highest BCUT2D eigenvalue weighted by Gasteiger charge is 2.38. The van der Waals surface area contributed by atoms with Crippen LogP contribution in [-0.2, 0) is 4.79 Å². The molecule has 25 heavy (non-hydrogen) atoms. The number of benzene rings is 2. The lowest BCUT2D eigenvalue weighted by Gasteiger charge is -2.39. The summed E-state index contributed by atoms with van der Waals surface area (Å²) in [6.07, 6.45) is 4.75. The predicted molar refractivity (Wildman–Crippen MR) is 101 cm³/mol. The highest BCUT2D eigenvalue weighted by atomic mass is 16.2. The maximum atomic E-state index is 12.9. The topological polar surface area (TPSA) is 47.3 Å². The molecule has 4 nitrogen and oxygen atoms in total. The number of hydrogen-bond acceptors (Lipinski definition) is 3. The van der Waals surface area contributed by atoms with Crippen LogP contribution in [-0.4, -0.2) is 37.0 Å². The number of fused-ring (bicyclic) bond motifs is 1. The van der Waals surface area contributed by atoms with Gasteiger partial charge in [-0.3, -0.25) is 4.79 Å². The van der Waals surface area contributed by atoms with Gasteiger partial charge in [-0.25, -0.2) is 0 Å². The summed E-state index contributed by atoms with van der Waals surface area (Å²) in [4.78, 5) is 16.5. The molecular formula is C21H25N3O. The molecule has 0 radical (unpaired) electrons. The van der Waals surface area contributed by atoms with Crippen molar-refractivity contribution in [2.45, 2.75) is 37.6 Å². The lowest BCUT2D eigenvalue weighted by Crippen LogP contribution is -2.52. The number of amides is 1. The van der Waals surface area contributed by atoms with Crippen molar-refractivity contribution < 1.29 is 4.79 Å². The fourth-order valence-corrected chi connectivity index (χ4v) is 3.83. The number of carbonyl (C=O) groups is 1. The molecule has 1 amide bonds. The van der Waals surface area contributed by atoms with Crippen LogP contribution in [0.15, 0.2) is 42.5 Å². The molecule has 1 aliphatic rings. The van der Waals surface area contributed by atoms with E-state index < -0.39 is 5.54 Å². The third kappa shape index (κ3) is 3.32. The number of anilines is 1. The van der Waals surface area contributed by atoms with Crippen LogP contribution >= 0.6 is 0 Å². The minimum atomic E-state index is -0.630. The molecule has 0 N–H and O–H groups in total. The summed E-state index contributed by atoms with van der Waals surface area (Å²) in [5.74, 6) is -0.00103. The first-order chi connectivity index (χ1) is 12.1. The van der Waals surface area contributed by atoms with Crippen molar-refractivity contribution in [3.8, 4) is 6.07 Å². The second-order valence-corrected chi connectivity index (χ2v) is 7.01. The maximum Gasteiger partial charge on any atom is 0.243 e. The standard InChI is InChI=1S/C21H25N3O/c1-23(19-12-8-10-17-9-4-5-11-18(17)19)15-20(25)24(2)21(16-22)13-6-3-7-14-21/h4-5,8-12H,3,6-7,13-15H2,1-2H3. The number of rotatable bonds is 4. The van der Waals surface area contributed by atoms with Crippen LogP contribution in [0.1, 0.15) is 32.1 Å². The Labute approximate surface area is 149 Å². The molecule has 4 heteroatoms. The highest BCUT2D eigenvalue weighted by molar-refractivity contribution is 5.95. The zero-order chi connectivity index (χ0) is 17.9. The van der Waals surface area contributed by atoms with Gasteiger partial charge in [0.05, 0.1) is 12.6 Å². The highest BCUT2D eigenvalue weighted by Crippen LogP contribution is 2.33. The molecule has 0 bridgehead atoms. The number of hydrogen-bond donors (Lipinski definition) is 0. The van der Waals surface area contributed by atoms with E-state index in [9.17, 15) is 10.1 Å². The van der Waals surface area contributed by atoms with Crippen molar-refractivity contribution in [1.29, 1.82) is 5.26 Å². The van der Waals surface area contributed by atoms with Crippen LogP contribution in [0.4, 0.5) is 5.69 Å². The van der Waals surface area contributed by atoms with Crippen molar-refractivity contribution >= 4 is 22.4 Å². The van der Waals surface area contributed by atoms with E-state index in [1.807, 2.05) is 36.2 Å². The summed E-state index contributed by atoms with van der Waals surface area (Å²) in [6.45, 7) is 0.272. The van der Waals surface area contributed by atoms with Crippen molar-refractivity contribution in [2.24, 2.45) is 0 Å². The van der Waals surface area contributed by atoms with Gasteiger partial charge in [-0.2, -0.15) is 5.26 Å². The Hall–Kier alpha value is -2.54. The molecule has 2 aromatic carbocycles. The van der Waals surface area contributed by atoms with E-state index in [1.54, 1.807) is 11.9 Å². The lowest BCUT2D eigenvalue weighted by atomic mass is 9.81. The number of nitriles is 1. The van der Waals surface area contributed by atoms with E-state index in [-0.39, 0.29) is 12.5 Å². The molecule has 0 aliphatic heterocycles. The molecule has 3 rings (SSSR count). The Bertz CT molecular complexity index is 797. The van der Waals surface area contributed by atoms with Crippen molar-refractivity contribution in [1.82, 2.24) is 4.90 Å². The first-order valence-electron chi connectivity index (χ1n) is 8.94. The minimum Gasteiger partial charge on any atom is -0.365 e. The first-order valence-corrected chi connectivity index (χ1v) is 8.94. The van der Waals surface area contributed by atoms with Crippen LogP contribution in [0.25, 0.3) is 10.8 Å². The summed E-state index contributed by atoms with van der Waals surface area (Å²) in [5, 5.41) is 12.0. The van der Waals surface area contributed by atoms with Crippen LogP contribution < -0.4 is 4.90 Å². The van der Waals surface area contributed by atoms with Crippen LogP contribution in [0.3, 0.4) is 0 Å². The van der Waals surface area contributed by atoms with E-state index in [0.717, 1.165) is 48.6 Å². The molecule has 130 valence electrons. The Kier molecular flexibility index (Phi) is 4.94. The fourth-order valence-electron chi connectivity index (χ4n) is 3.83. The van der Waals surface area contributed by atoms with Crippen molar-refractivity contribution in [3.05, 3.63) is 42.5 Å². The van der Waals surface area contributed by atoms with Crippen LogP contribution in [0.5, 0.6) is 0 Å². The van der Waals surface area contributed by atoms with Gasteiger partial charge in [0.1, 0.15) is 5.54 Å². The van der Waals surface area contributed by atoms with Gasteiger partial charge in [0.2, 0.25) is 5.91 Å². The number of carbonyl (C=O) groups excluding carboxylic acids is 1. The third-order valence-electron chi connectivity index (χ3n) is 5.46. The second kappa shape index (κ2) is 7.14. The van der Waals surface area contributed by atoms with Crippen LogP contribution in [0.2, 0.25) is 0 Å². The Morgan fingerprint density at radius 2 is 1.76 bits per heavy atom. The first kappa shape index (κ1) is 17.3. The van der Waals surface area contributed by atoms with Crippen molar-refractivity contribution in [3.63, 3.8) is 0 Å². The van der Waals surface area contributed by atoms with Gasteiger partial charge in [0.25, 0.3) is 0 Å². The summed E-state index contributed by atoms with van der Waals surface area (Å²) >= 11 is 0. The molecule has 2 aromatic rings. The quantitative estimate of drug-likeness (QED) is 0.849. The molecule has 1 aliphatic carbocycles. The van der Waals surface area contributed by atoms with Gasteiger partial charge >= 0.3 is 0 Å². The zero-order valence-corrected chi connectivity index (χ0v) is 15.0. The van der Waals surface area contributed by atoms with Gasteiger partial charge in [-0.05, 0) is 24.3 Å². The zero-order valence-electron chi connectivity index (χ0n) is 15.0. The molecule has 0 aromatic heterocycles.